The molecule has 0 aliphatic rings. The van der Waals surface area contributed by atoms with Crippen LogP contribution in [-0.2, 0) is 12.3 Å². The van der Waals surface area contributed by atoms with E-state index in [9.17, 15) is 0 Å². The minimum Gasteiger partial charge on any atom is -0.317 e. The molecule has 0 spiro atoms. The molecule has 0 radical (unpaired) electrons. The van der Waals surface area contributed by atoms with Crippen molar-refractivity contribution in [3.8, 4) is 0 Å². The van der Waals surface area contributed by atoms with Crippen LogP contribution in [0.3, 0.4) is 0 Å². The van der Waals surface area contributed by atoms with Crippen LogP contribution in [0.5, 0.6) is 0 Å². The fraction of sp³-hybridized carbons (Fsp3) is 0.455. The molecule has 2 rings (SSSR count). The van der Waals surface area contributed by atoms with Gasteiger partial charge < -0.3 is 5.32 Å². The summed E-state index contributed by atoms with van der Waals surface area (Å²) in [7, 11) is 0. The molecule has 2 nitrogen and oxygen atoms in total. The van der Waals surface area contributed by atoms with E-state index in [-0.39, 0.29) is 0 Å². The van der Waals surface area contributed by atoms with Gasteiger partial charge in [0.15, 0.2) is 0 Å². The van der Waals surface area contributed by atoms with Crippen molar-refractivity contribution in [1.82, 2.24) is 10.2 Å². The Bertz CT molecular complexity index is 544. The van der Waals surface area contributed by atoms with Gasteiger partial charge >= 0.3 is 0 Å². The third-order valence-electron chi connectivity index (χ3n) is 4.28. The van der Waals surface area contributed by atoms with E-state index >= 15 is 0 Å². The predicted octanol–water partition coefficient (Wildman–Crippen LogP) is 4.81. The molecule has 3 heteroatoms. The summed E-state index contributed by atoms with van der Waals surface area (Å²) in [6.07, 6.45) is 2.47. The Labute approximate surface area is 158 Å². The molecule has 0 aliphatic carbocycles. The molecule has 1 N–H and O–H groups in total. The van der Waals surface area contributed by atoms with E-state index in [1.807, 2.05) is 11.8 Å². The van der Waals surface area contributed by atoms with Crippen molar-refractivity contribution in [1.29, 1.82) is 0 Å². The van der Waals surface area contributed by atoms with E-state index in [0.29, 0.717) is 0 Å². The molecule has 0 unspecified atom stereocenters. The van der Waals surface area contributed by atoms with Crippen LogP contribution in [-0.4, -0.2) is 36.8 Å². The number of nitrogens with one attached hydrogen (secondary N) is 1. The highest BCUT2D eigenvalue weighted by molar-refractivity contribution is 7.98. The number of benzene rings is 2. The van der Waals surface area contributed by atoms with Crippen LogP contribution in [0.4, 0.5) is 0 Å². The smallest absolute Gasteiger partial charge is 0.0233 e. The lowest BCUT2D eigenvalue weighted by Crippen LogP contribution is -2.27. The molecular weight excluding hydrogens is 324 g/mol. The lowest BCUT2D eigenvalue weighted by molar-refractivity contribution is 0.275. The van der Waals surface area contributed by atoms with Crippen molar-refractivity contribution in [2.45, 2.75) is 32.1 Å². The molecule has 0 saturated heterocycles. The Morgan fingerprint density at radius 3 is 2.16 bits per heavy atom. The van der Waals surface area contributed by atoms with Crippen molar-refractivity contribution >= 4 is 11.8 Å². The predicted molar refractivity (Wildman–Crippen MR) is 112 cm³/mol. The summed E-state index contributed by atoms with van der Waals surface area (Å²) in [5.41, 5.74) is 2.84. The van der Waals surface area contributed by atoms with Crippen LogP contribution in [0.15, 0.2) is 60.7 Å². The molecule has 0 bridgehead atoms. The van der Waals surface area contributed by atoms with Crippen molar-refractivity contribution in [3.63, 3.8) is 0 Å². The number of rotatable bonds is 13. The Morgan fingerprint density at radius 1 is 0.840 bits per heavy atom. The minimum absolute atomic E-state index is 1.06. The molecule has 0 atom stereocenters. The zero-order valence-corrected chi connectivity index (χ0v) is 16.3. The Hall–Kier alpha value is -1.29. The Kier molecular flexibility index (Phi) is 10.4. The third-order valence-corrected chi connectivity index (χ3v) is 5.39. The highest BCUT2D eigenvalue weighted by Gasteiger charge is 2.02. The summed E-state index contributed by atoms with van der Waals surface area (Å²) >= 11 is 2.03. The highest BCUT2D eigenvalue weighted by atomic mass is 32.2. The van der Waals surface area contributed by atoms with Crippen LogP contribution in [0.25, 0.3) is 0 Å². The number of nitrogens with zero attached hydrogens (tertiary/aromatic N) is 1. The third kappa shape index (κ3) is 9.10. The maximum Gasteiger partial charge on any atom is 0.0233 e. The monoisotopic (exact) mass is 356 g/mol. The van der Waals surface area contributed by atoms with E-state index in [2.05, 4.69) is 77.8 Å². The molecule has 0 amide bonds. The fourth-order valence-corrected chi connectivity index (χ4v) is 3.73. The van der Waals surface area contributed by atoms with Gasteiger partial charge in [-0.05, 0) is 55.9 Å². The van der Waals surface area contributed by atoms with Crippen LogP contribution < -0.4 is 5.32 Å². The van der Waals surface area contributed by atoms with Gasteiger partial charge in [0.2, 0.25) is 0 Å². The maximum atomic E-state index is 3.59. The van der Waals surface area contributed by atoms with Gasteiger partial charge in [0.1, 0.15) is 0 Å². The van der Waals surface area contributed by atoms with Crippen molar-refractivity contribution < 1.29 is 0 Å². The van der Waals surface area contributed by atoms with Gasteiger partial charge in [-0.3, -0.25) is 4.90 Å². The second-order valence-electron chi connectivity index (χ2n) is 6.35. The standard InChI is InChI=1S/C22H32N2S/c1-2-24(19-21-11-5-3-6-12-21)17-9-15-23-16-10-18-25-20-22-13-7-4-8-14-22/h3-8,11-14,23H,2,9-10,15-20H2,1H3. The average Bonchev–Trinajstić information content (AvgIpc) is 2.67. The minimum atomic E-state index is 1.06. The average molecular weight is 357 g/mol. The largest absolute Gasteiger partial charge is 0.317 e. The zero-order chi connectivity index (χ0) is 17.6. The molecule has 0 aromatic heterocycles. The van der Waals surface area contributed by atoms with Gasteiger partial charge in [-0.2, -0.15) is 11.8 Å². The number of hydrogen-bond acceptors (Lipinski definition) is 3. The molecule has 2 aromatic carbocycles. The lowest BCUT2D eigenvalue weighted by atomic mass is 10.2. The summed E-state index contributed by atoms with van der Waals surface area (Å²) < 4.78 is 0. The molecule has 0 fully saturated rings. The molecule has 0 aliphatic heterocycles. The van der Waals surface area contributed by atoms with E-state index < -0.39 is 0 Å². The number of thioether (sulfide) groups is 1. The van der Waals surface area contributed by atoms with E-state index in [4.69, 9.17) is 0 Å². The van der Waals surface area contributed by atoms with Gasteiger partial charge in [-0.15, -0.1) is 0 Å². The van der Waals surface area contributed by atoms with Crippen molar-refractivity contribution in [2.24, 2.45) is 0 Å². The summed E-state index contributed by atoms with van der Waals surface area (Å²) in [4.78, 5) is 2.52. The van der Waals surface area contributed by atoms with Crippen LogP contribution >= 0.6 is 11.8 Å². The molecule has 136 valence electrons. The van der Waals surface area contributed by atoms with Gasteiger partial charge in [-0.25, -0.2) is 0 Å². The second-order valence-corrected chi connectivity index (χ2v) is 7.45. The van der Waals surface area contributed by atoms with Gasteiger partial charge in [0, 0.05) is 12.3 Å². The summed E-state index contributed by atoms with van der Waals surface area (Å²) in [6.45, 7) is 7.85. The SMILES string of the molecule is CCN(CCCNCCCSCc1ccccc1)Cc1ccccc1. The first-order chi connectivity index (χ1) is 12.4. The molecule has 0 saturated carbocycles. The fourth-order valence-electron chi connectivity index (χ4n) is 2.81. The lowest BCUT2D eigenvalue weighted by Gasteiger charge is -2.20. The molecular formula is C22H32N2S. The Morgan fingerprint density at radius 2 is 1.48 bits per heavy atom. The summed E-state index contributed by atoms with van der Waals surface area (Å²) in [5.74, 6) is 2.36. The van der Waals surface area contributed by atoms with Crippen molar-refractivity contribution in [2.75, 3.05) is 31.9 Å². The van der Waals surface area contributed by atoms with E-state index in [1.54, 1.807) is 0 Å². The summed E-state index contributed by atoms with van der Waals surface area (Å²) in [6, 6.07) is 21.5. The van der Waals surface area contributed by atoms with E-state index in [0.717, 1.165) is 31.9 Å². The number of hydrogen-bond donors (Lipinski definition) is 1. The molecule has 2 aromatic rings. The van der Waals surface area contributed by atoms with Crippen LogP contribution in [0.2, 0.25) is 0 Å². The first-order valence-corrected chi connectivity index (χ1v) is 10.6. The quantitative estimate of drug-likeness (QED) is 0.518. The zero-order valence-electron chi connectivity index (χ0n) is 15.5. The Balaban J connectivity index is 1.44. The topological polar surface area (TPSA) is 15.3 Å². The first kappa shape index (κ1) is 20.0. The second kappa shape index (κ2) is 13.0. The van der Waals surface area contributed by atoms with Gasteiger partial charge in [-0.1, -0.05) is 67.6 Å². The van der Waals surface area contributed by atoms with Gasteiger partial charge in [0.05, 0.1) is 0 Å². The molecule has 25 heavy (non-hydrogen) atoms. The summed E-state index contributed by atoms with van der Waals surface area (Å²) in [5, 5.41) is 3.59. The first-order valence-electron chi connectivity index (χ1n) is 9.47. The molecule has 0 heterocycles. The van der Waals surface area contributed by atoms with Crippen molar-refractivity contribution in [3.05, 3.63) is 71.8 Å². The maximum absolute atomic E-state index is 3.59. The highest BCUT2D eigenvalue weighted by Crippen LogP contribution is 2.12. The van der Waals surface area contributed by atoms with Crippen LogP contribution in [0.1, 0.15) is 30.9 Å². The van der Waals surface area contributed by atoms with Crippen LogP contribution in [0, 0.1) is 0 Å². The van der Waals surface area contributed by atoms with Gasteiger partial charge in [0.25, 0.3) is 0 Å². The van der Waals surface area contributed by atoms with E-state index in [1.165, 1.54) is 36.3 Å². The normalized spacial score (nSPS) is 11.1.